The number of hydrogen-bond donors (Lipinski definition) is 0. The van der Waals surface area contributed by atoms with E-state index in [9.17, 15) is 4.79 Å². The van der Waals surface area contributed by atoms with Crippen molar-refractivity contribution in [1.82, 2.24) is 14.4 Å². The SMILES string of the molecule is O=Cc1nc2ncccn2c1Br. The van der Waals surface area contributed by atoms with Crippen molar-refractivity contribution in [2.24, 2.45) is 0 Å². The van der Waals surface area contributed by atoms with Crippen LogP contribution in [0.25, 0.3) is 5.78 Å². The van der Waals surface area contributed by atoms with Crippen LogP contribution in [0.15, 0.2) is 23.1 Å². The molecule has 0 radical (unpaired) electrons. The number of imidazole rings is 1. The van der Waals surface area contributed by atoms with Crippen molar-refractivity contribution in [3.63, 3.8) is 0 Å². The van der Waals surface area contributed by atoms with E-state index in [-0.39, 0.29) is 0 Å². The molecule has 4 nitrogen and oxygen atoms in total. The molecule has 0 amide bonds. The summed E-state index contributed by atoms with van der Waals surface area (Å²) in [6, 6.07) is 1.77. The van der Waals surface area contributed by atoms with Crippen LogP contribution in [0.1, 0.15) is 10.5 Å². The summed E-state index contributed by atoms with van der Waals surface area (Å²) < 4.78 is 2.34. The van der Waals surface area contributed by atoms with E-state index < -0.39 is 0 Å². The van der Waals surface area contributed by atoms with Crippen LogP contribution in [-0.2, 0) is 0 Å². The molecule has 0 spiro atoms. The second-order valence-electron chi connectivity index (χ2n) is 2.20. The second-order valence-corrected chi connectivity index (χ2v) is 2.95. The van der Waals surface area contributed by atoms with Crippen molar-refractivity contribution in [1.29, 1.82) is 0 Å². The minimum absolute atomic E-state index is 0.369. The highest BCUT2D eigenvalue weighted by atomic mass is 79.9. The van der Waals surface area contributed by atoms with Gasteiger partial charge in [-0.3, -0.25) is 9.20 Å². The first-order chi connectivity index (χ1) is 5.83. The summed E-state index contributed by atoms with van der Waals surface area (Å²) in [6.07, 6.45) is 4.11. The van der Waals surface area contributed by atoms with Gasteiger partial charge in [0.2, 0.25) is 5.78 Å². The van der Waals surface area contributed by atoms with Gasteiger partial charge in [-0.25, -0.2) is 9.97 Å². The zero-order chi connectivity index (χ0) is 8.55. The van der Waals surface area contributed by atoms with Crippen LogP contribution in [0.5, 0.6) is 0 Å². The first kappa shape index (κ1) is 7.42. The molecule has 0 N–H and O–H groups in total. The quantitative estimate of drug-likeness (QED) is 0.688. The third kappa shape index (κ3) is 0.937. The van der Waals surface area contributed by atoms with Gasteiger partial charge >= 0.3 is 0 Å². The van der Waals surface area contributed by atoms with Crippen LogP contribution in [0, 0.1) is 0 Å². The van der Waals surface area contributed by atoms with Crippen LogP contribution in [0.3, 0.4) is 0 Å². The number of hydrogen-bond acceptors (Lipinski definition) is 3. The fraction of sp³-hybridized carbons (Fsp3) is 0. The molecule has 0 aliphatic rings. The molecule has 0 atom stereocenters. The fourth-order valence-electron chi connectivity index (χ4n) is 0.951. The summed E-state index contributed by atoms with van der Waals surface area (Å²) >= 11 is 3.24. The van der Waals surface area contributed by atoms with Crippen LogP contribution >= 0.6 is 15.9 Å². The molecular formula is C7H4BrN3O. The van der Waals surface area contributed by atoms with Gasteiger partial charge in [0.25, 0.3) is 0 Å². The lowest BCUT2D eigenvalue weighted by atomic mass is 10.5. The largest absolute Gasteiger partial charge is 0.296 e. The molecule has 2 rings (SSSR count). The molecule has 60 valence electrons. The minimum Gasteiger partial charge on any atom is -0.296 e. The number of aromatic nitrogens is 3. The third-order valence-corrected chi connectivity index (χ3v) is 2.27. The molecule has 0 saturated heterocycles. The van der Waals surface area contributed by atoms with E-state index in [1.165, 1.54) is 0 Å². The molecule has 2 aromatic rings. The summed E-state index contributed by atoms with van der Waals surface area (Å²) in [4.78, 5) is 18.4. The first-order valence-corrected chi connectivity index (χ1v) is 4.06. The van der Waals surface area contributed by atoms with Crippen molar-refractivity contribution < 1.29 is 4.79 Å². The minimum atomic E-state index is 0.369. The van der Waals surface area contributed by atoms with Crippen molar-refractivity contribution in [3.8, 4) is 0 Å². The summed E-state index contributed by atoms with van der Waals surface area (Å²) in [7, 11) is 0. The predicted octanol–water partition coefficient (Wildman–Crippen LogP) is 1.30. The number of fused-ring (bicyclic) bond motifs is 1. The maximum absolute atomic E-state index is 10.5. The highest BCUT2D eigenvalue weighted by Gasteiger charge is 2.07. The normalized spacial score (nSPS) is 10.4. The first-order valence-electron chi connectivity index (χ1n) is 3.26. The van der Waals surface area contributed by atoms with Crippen LogP contribution in [0.2, 0.25) is 0 Å². The Labute approximate surface area is 76.4 Å². The lowest BCUT2D eigenvalue weighted by molar-refractivity contribution is 0.111. The predicted molar refractivity (Wildman–Crippen MR) is 46.1 cm³/mol. The second kappa shape index (κ2) is 2.67. The number of carbonyl (C=O) groups is 1. The summed E-state index contributed by atoms with van der Waals surface area (Å²) in [6.45, 7) is 0. The monoisotopic (exact) mass is 225 g/mol. The van der Waals surface area contributed by atoms with E-state index in [1.807, 2.05) is 0 Å². The van der Waals surface area contributed by atoms with E-state index in [0.717, 1.165) is 0 Å². The molecule has 0 aliphatic heterocycles. The molecule has 0 aromatic carbocycles. The summed E-state index contributed by atoms with van der Waals surface area (Å²) in [5.41, 5.74) is 0.369. The van der Waals surface area contributed by atoms with Gasteiger partial charge in [0.1, 0.15) is 10.3 Å². The average molecular weight is 226 g/mol. The van der Waals surface area contributed by atoms with Gasteiger partial charge < -0.3 is 0 Å². The molecule has 12 heavy (non-hydrogen) atoms. The maximum Gasteiger partial charge on any atom is 0.235 e. The number of carbonyl (C=O) groups excluding carboxylic acids is 1. The lowest BCUT2D eigenvalue weighted by Crippen LogP contribution is -1.85. The van der Waals surface area contributed by atoms with E-state index in [0.29, 0.717) is 22.4 Å². The van der Waals surface area contributed by atoms with Crippen molar-refractivity contribution >= 4 is 28.0 Å². The van der Waals surface area contributed by atoms with E-state index >= 15 is 0 Å². The highest BCUT2D eigenvalue weighted by Crippen LogP contribution is 2.15. The van der Waals surface area contributed by atoms with Crippen LogP contribution in [-0.4, -0.2) is 20.7 Å². The standard InChI is InChI=1S/C7H4BrN3O/c8-6-5(4-12)10-7-9-2-1-3-11(6)7/h1-4H. The molecule has 0 unspecified atom stereocenters. The van der Waals surface area contributed by atoms with E-state index in [4.69, 9.17) is 0 Å². The summed E-state index contributed by atoms with van der Waals surface area (Å²) in [5, 5.41) is 0. The van der Waals surface area contributed by atoms with Crippen LogP contribution < -0.4 is 0 Å². The highest BCUT2D eigenvalue weighted by molar-refractivity contribution is 9.10. The molecule has 2 heterocycles. The molecular weight excluding hydrogens is 222 g/mol. The fourth-order valence-corrected chi connectivity index (χ4v) is 1.41. The Bertz CT molecular complexity index is 437. The lowest BCUT2D eigenvalue weighted by Gasteiger charge is -1.89. The maximum atomic E-state index is 10.5. The number of halogens is 1. The molecule has 0 bridgehead atoms. The van der Waals surface area contributed by atoms with Crippen LogP contribution in [0.4, 0.5) is 0 Å². The topological polar surface area (TPSA) is 47.3 Å². The zero-order valence-electron chi connectivity index (χ0n) is 5.94. The number of nitrogens with zero attached hydrogens (tertiary/aromatic N) is 3. The van der Waals surface area contributed by atoms with E-state index in [1.54, 1.807) is 22.9 Å². The Morgan fingerprint density at radius 2 is 2.42 bits per heavy atom. The molecule has 5 heteroatoms. The Kier molecular flexibility index (Phi) is 1.65. The number of rotatable bonds is 1. The molecule has 0 saturated carbocycles. The van der Waals surface area contributed by atoms with Gasteiger partial charge in [0.05, 0.1) is 0 Å². The Morgan fingerprint density at radius 1 is 1.58 bits per heavy atom. The van der Waals surface area contributed by atoms with Crippen molar-refractivity contribution in [2.45, 2.75) is 0 Å². The zero-order valence-corrected chi connectivity index (χ0v) is 7.52. The Hall–Kier alpha value is -1.23. The van der Waals surface area contributed by atoms with Crippen molar-refractivity contribution in [2.75, 3.05) is 0 Å². The average Bonchev–Trinajstić information content (AvgIpc) is 2.44. The summed E-state index contributed by atoms with van der Waals surface area (Å²) in [5.74, 6) is 0.520. The third-order valence-electron chi connectivity index (χ3n) is 1.48. The van der Waals surface area contributed by atoms with Gasteiger partial charge in [0, 0.05) is 12.4 Å². The van der Waals surface area contributed by atoms with E-state index in [2.05, 4.69) is 25.9 Å². The van der Waals surface area contributed by atoms with Gasteiger partial charge in [-0.05, 0) is 22.0 Å². The van der Waals surface area contributed by atoms with Crippen molar-refractivity contribution in [3.05, 3.63) is 28.8 Å². The Morgan fingerprint density at radius 3 is 3.08 bits per heavy atom. The van der Waals surface area contributed by atoms with Gasteiger partial charge in [0.15, 0.2) is 6.29 Å². The van der Waals surface area contributed by atoms with Gasteiger partial charge in [-0.1, -0.05) is 0 Å². The molecule has 0 fully saturated rings. The number of aldehydes is 1. The smallest absolute Gasteiger partial charge is 0.235 e. The molecule has 0 aliphatic carbocycles. The Balaban J connectivity index is 2.87. The van der Waals surface area contributed by atoms with Gasteiger partial charge in [-0.15, -0.1) is 0 Å². The van der Waals surface area contributed by atoms with Gasteiger partial charge in [-0.2, -0.15) is 0 Å². The molecule has 2 aromatic heterocycles.